The average Bonchev–Trinajstić information content (AvgIpc) is 3.28. The van der Waals surface area contributed by atoms with Crippen molar-refractivity contribution in [1.29, 1.82) is 0 Å². The van der Waals surface area contributed by atoms with E-state index in [1.807, 2.05) is 18.7 Å². The molecule has 1 N–H and O–H groups in total. The number of nitrogens with one attached hydrogen (secondary N) is 1. The van der Waals surface area contributed by atoms with E-state index in [0.29, 0.717) is 11.8 Å². The van der Waals surface area contributed by atoms with E-state index in [9.17, 15) is 4.79 Å². The Bertz CT molecular complexity index is 539. The van der Waals surface area contributed by atoms with Crippen molar-refractivity contribution in [3.63, 3.8) is 0 Å². The van der Waals surface area contributed by atoms with E-state index in [-0.39, 0.29) is 24.6 Å². The summed E-state index contributed by atoms with van der Waals surface area (Å²) in [6.45, 7) is 6.42. The normalized spacial score (nSPS) is 23.1. The average molecular weight is 335 g/mol. The van der Waals surface area contributed by atoms with E-state index in [4.69, 9.17) is 9.15 Å². The van der Waals surface area contributed by atoms with Gasteiger partial charge in [0.15, 0.2) is 0 Å². The zero-order valence-electron chi connectivity index (χ0n) is 14.8. The van der Waals surface area contributed by atoms with Crippen LogP contribution in [0.25, 0.3) is 0 Å². The summed E-state index contributed by atoms with van der Waals surface area (Å²) in [6, 6.07) is 0.336. The molecule has 0 spiro atoms. The van der Waals surface area contributed by atoms with Crippen molar-refractivity contribution in [2.24, 2.45) is 5.92 Å². The zero-order valence-corrected chi connectivity index (χ0v) is 14.8. The van der Waals surface area contributed by atoms with Crippen LogP contribution in [0.5, 0.6) is 0 Å². The number of aromatic nitrogens is 1. The van der Waals surface area contributed by atoms with Crippen LogP contribution in [0.4, 0.5) is 0 Å². The van der Waals surface area contributed by atoms with Crippen LogP contribution < -0.4 is 5.32 Å². The number of hydrogen-bond donors (Lipinski definition) is 1. The first-order valence-electron chi connectivity index (χ1n) is 9.15. The SMILES string of the molecule is Cc1cnc(C(C)N[C@H]2CCN(C(=O)COCC3CCCC3)C2)o1. The molecule has 1 unspecified atom stereocenters. The fourth-order valence-corrected chi connectivity index (χ4v) is 3.70. The van der Waals surface area contributed by atoms with Crippen molar-refractivity contribution in [2.75, 3.05) is 26.3 Å². The van der Waals surface area contributed by atoms with Gasteiger partial charge in [-0.15, -0.1) is 0 Å². The monoisotopic (exact) mass is 335 g/mol. The van der Waals surface area contributed by atoms with Crippen molar-refractivity contribution >= 4 is 5.91 Å². The van der Waals surface area contributed by atoms with E-state index in [1.165, 1.54) is 25.7 Å². The molecule has 3 rings (SSSR count). The van der Waals surface area contributed by atoms with Crippen LogP contribution in [-0.4, -0.2) is 48.1 Å². The molecular weight excluding hydrogens is 306 g/mol. The topological polar surface area (TPSA) is 67.6 Å². The lowest BCUT2D eigenvalue weighted by Gasteiger charge is -2.19. The molecule has 2 aliphatic rings. The van der Waals surface area contributed by atoms with Crippen molar-refractivity contribution < 1.29 is 13.9 Å². The first-order valence-corrected chi connectivity index (χ1v) is 9.15. The highest BCUT2D eigenvalue weighted by atomic mass is 16.5. The summed E-state index contributed by atoms with van der Waals surface area (Å²) in [6.07, 6.45) is 7.82. The van der Waals surface area contributed by atoms with Gasteiger partial charge in [0.2, 0.25) is 11.8 Å². The molecule has 1 aromatic rings. The predicted octanol–water partition coefficient (Wildman–Crippen LogP) is 2.44. The molecule has 2 heterocycles. The van der Waals surface area contributed by atoms with Gasteiger partial charge < -0.3 is 19.4 Å². The molecule has 6 heteroatoms. The lowest BCUT2D eigenvalue weighted by atomic mass is 10.1. The first-order chi connectivity index (χ1) is 11.6. The fourth-order valence-electron chi connectivity index (χ4n) is 3.70. The van der Waals surface area contributed by atoms with Gasteiger partial charge in [-0.2, -0.15) is 0 Å². The lowest BCUT2D eigenvalue weighted by molar-refractivity contribution is -0.135. The molecule has 1 aliphatic carbocycles. The minimum absolute atomic E-state index is 0.0531. The summed E-state index contributed by atoms with van der Waals surface area (Å²) in [5.41, 5.74) is 0. The Kier molecular flexibility index (Phi) is 5.89. The number of carbonyl (C=O) groups excluding carboxylic acids is 1. The van der Waals surface area contributed by atoms with Crippen molar-refractivity contribution in [3.05, 3.63) is 17.8 Å². The Hall–Kier alpha value is -1.40. The molecule has 1 saturated heterocycles. The smallest absolute Gasteiger partial charge is 0.248 e. The molecule has 1 amide bonds. The van der Waals surface area contributed by atoms with E-state index >= 15 is 0 Å². The van der Waals surface area contributed by atoms with E-state index in [2.05, 4.69) is 10.3 Å². The first kappa shape index (κ1) is 17.4. The van der Waals surface area contributed by atoms with Gasteiger partial charge in [-0.3, -0.25) is 4.79 Å². The minimum atomic E-state index is 0.0531. The molecule has 1 aromatic heterocycles. The zero-order chi connectivity index (χ0) is 16.9. The van der Waals surface area contributed by atoms with Gasteiger partial charge in [0.05, 0.1) is 18.8 Å². The fraction of sp³-hybridized carbons (Fsp3) is 0.778. The maximum atomic E-state index is 12.3. The number of carbonyl (C=O) groups is 1. The van der Waals surface area contributed by atoms with Gasteiger partial charge in [0.25, 0.3) is 0 Å². The second kappa shape index (κ2) is 8.12. The standard InChI is InChI=1S/C18H29N3O3/c1-13-9-19-18(24-13)14(2)20-16-7-8-21(10-16)17(22)12-23-11-15-5-3-4-6-15/h9,14-16,20H,3-8,10-12H2,1-2H3/t14?,16-/m0/s1. The Morgan fingerprint density at radius 1 is 1.46 bits per heavy atom. The van der Waals surface area contributed by atoms with E-state index < -0.39 is 0 Å². The number of amides is 1. The molecule has 0 aromatic carbocycles. The number of oxazole rings is 1. The van der Waals surface area contributed by atoms with Gasteiger partial charge in [0, 0.05) is 19.1 Å². The quantitative estimate of drug-likeness (QED) is 0.829. The molecule has 1 aliphatic heterocycles. The van der Waals surface area contributed by atoms with Crippen LogP contribution in [0, 0.1) is 12.8 Å². The van der Waals surface area contributed by atoms with Crippen LogP contribution >= 0.6 is 0 Å². The van der Waals surface area contributed by atoms with Crippen molar-refractivity contribution in [2.45, 2.75) is 58.0 Å². The number of hydrogen-bond acceptors (Lipinski definition) is 5. The number of ether oxygens (including phenoxy) is 1. The third-order valence-corrected chi connectivity index (χ3v) is 5.09. The van der Waals surface area contributed by atoms with Gasteiger partial charge in [-0.1, -0.05) is 12.8 Å². The summed E-state index contributed by atoms with van der Waals surface area (Å²) in [7, 11) is 0. The summed E-state index contributed by atoms with van der Waals surface area (Å²) in [5, 5.41) is 3.50. The minimum Gasteiger partial charge on any atom is -0.444 e. The largest absolute Gasteiger partial charge is 0.444 e. The summed E-state index contributed by atoms with van der Waals surface area (Å²) < 4.78 is 11.2. The molecular formula is C18H29N3O3. The van der Waals surface area contributed by atoms with Gasteiger partial charge in [-0.25, -0.2) is 4.98 Å². The van der Waals surface area contributed by atoms with Crippen LogP contribution in [0.1, 0.15) is 56.7 Å². The van der Waals surface area contributed by atoms with Crippen LogP contribution in [0.15, 0.2) is 10.6 Å². The van der Waals surface area contributed by atoms with Gasteiger partial charge >= 0.3 is 0 Å². The van der Waals surface area contributed by atoms with Crippen LogP contribution in [0.2, 0.25) is 0 Å². The number of likely N-dealkylation sites (tertiary alicyclic amines) is 1. The van der Waals surface area contributed by atoms with E-state index in [1.54, 1.807) is 6.20 Å². The number of aryl methyl sites for hydroxylation is 1. The third kappa shape index (κ3) is 4.57. The maximum absolute atomic E-state index is 12.3. The van der Waals surface area contributed by atoms with Crippen LogP contribution in [0.3, 0.4) is 0 Å². The van der Waals surface area contributed by atoms with Gasteiger partial charge in [0.1, 0.15) is 12.4 Å². The molecule has 2 atom stereocenters. The summed E-state index contributed by atoms with van der Waals surface area (Å²) in [4.78, 5) is 18.4. The summed E-state index contributed by atoms with van der Waals surface area (Å²) in [5.74, 6) is 2.30. The Labute approximate surface area is 143 Å². The highest BCUT2D eigenvalue weighted by molar-refractivity contribution is 5.77. The van der Waals surface area contributed by atoms with Crippen molar-refractivity contribution in [3.8, 4) is 0 Å². The summed E-state index contributed by atoms with van der Waals surface area (Å²) >= 11 is 0. The molecule has 0 radical (unpaired) electrons. The van der Waals surface area contributed by atoms with Crippen molar-refractivity contribution in [1.82, 2.24) is 15.2 Å². The molecule has 0 bridgehead atoms. The molecule has 6 nitrogen and oxygen atoms in total. The van der Waals surface area contributed by atoms with Crippen LogP contribution in [-0.2, 0) is 9.53 Å². The third-order valence-electron chi connectivity index (χ3n) is 5.09. The maximum Gasteiger partial charge on any atom is 0.248 e. The number of rotatable bonds is 7. The Balaban J connectivity index is 1.37. The highest BCUT2D eigenvalue weighted by Gasteiger charge is 2.28. The molecule has 24 heavy (non-hydrogen) atoms. The lowest BCUT2D eigenvalue weighted by Crippen LogP contribution is -2.38. The molecule has 134 valence electrons. The highest BCUT2D eigenvalue weighted by Crippen LogP contribution is 2.24. The second-order valence-corrected chi connectivity index (χ2v) is 7.19. The Morgan fingerprint density at radius 3 is 2.96 bits per heavy atom. The molecule has 1 saturated carbocycles. The molecule has 2 fully saturated rings. The van der Waals surface area contributed by atoms with E-state index in [0.717, 1.165) is 31.9 Å². The predicted molar refractivity (Wildman–Crippen MR) is 90.6 cm³/mol. The number of nitrogens with zero attached hydrogens (tertiary/aromatic N) is 2. The Morgan fingerprint density at radius 2 is 2.25 bits per heavy atom. The second-order valence-electron chi connectivity index (χ2n) is 7.19. The van der Waals surface area contributed by atoms with Gasteiger partial charge in [-0.05, 0) is 39.0 Å².